The molecule has 0 amide bonds. The molecule has 1 N–H and O–H groups in total. The lowest BCUT2D eigenvalue weighted by Crippen LogP contribution is -1.65. The van der Waals surface area contributed by atoms with E-state index in [0.29, 0.717) is 0 Å². The fraction of sp³-hybridized carbons (Fsp3) is 0.600. The van der Waals surface area contributed by atoms with Crippen LogP contribution in [0.1, 0.15) is 19.8 Å². The van der Waals surface area contributed by atoms with Crippen LogP contribution in [-0.2, 0) is 0 Å². The first kappa shape index (κ1) is 6.83. The maximum Gasteiger partial charge on any atom is 0.180 e. The molecule has 7 heavy (non-hydrogen) atoms. The molecule has 0 heterocycles. The van der Waals surface area contributed by atoms with E-state index in [2.05, 4.69) is 0 Å². The van der Waals surface area contributed by atoms with E-state index in [9.17, 15) is 0 Å². The maximum atomic E-state index is 8.31. The summed E-state index contributed by atoms with van der Waals surface area (Å²) < 4.78 is 0. The fourth-order valence-corrected chi connectivity index (χ4v) is 0.373. The van der Waals surface area contributed by atoms with E-state index >= 15 is 0 Å². The van der Waals surface area contributed by atoms with Gasteiger partial charge in [0.05, 0.1) is 0 Å². The highest BCUT2D eigenvalue weighted by atomic mass is 35.5. The zero-order valence-electron chi connectivity index (χ0n) is 4.32. The molecule has 0 unspecified atom stereocenters. The zero-order chi connectivity index (χ0) is 5.70. The first-order valence-corrected chi connectivity index (χ1v) is 2.69. The van der Waals surface area contributed by atoms with Gasteiger partial charge in [-0.2, -0.15) is 0 Å². The van der Waals surface area contributed by atoms with Crippen molar-refractivity contribution in [3.05, 3.63) is 11.3 Å². The molecule has 0 aromatic heterocycles. The van der Waals surface area contributed by atoms with Gasteiger partial charge in [0.25, 0.3) is 0 Å². The Morgan fingerprint density at radius 1 is 1.86 bits per heavy atom. The Hall–Kier alpha value is -0.170. The molecular formula is C5H9ClO. The zero-order valence-corrected chi connectivity index (χ0v) is 5.07. The number of rotatable bonds is 2. The molecule has 0 atom stereocenters. The van der Waals surface area contributed by atoms with Gasteiger partial charge in [0, 0.05) is 0 Å². The van der Waals surface area contributed by atoms with Crippen molar-refractivity contribution in [2.24, 2.45) is 0 Å². The molecule has 1 nitrogen and oxygen atoms in total. The molecule has 0 aromatic carbocycles. The minimum absolute atomic E-state index is 0.0955. The van der Waals surface area contributed by atoms with Gasteiger partial charge in [0.15, 0.2) is 5.22 Å². The summed E-state index contributed by atoms with van der Waals surface area (Å²) in [5.41, 5.74) is 0. The number of unbranched alkanes of at least 4 members (excludes halogenated alkanes) is 1. The summed E-state index contributed by atoms with van der Waals surface area (Å²) in [6.07, 6.45) is 3.47. The van der Waals surface area contributed by atoms with E-state index in [4.69, 9.17) is 16.7 Å². The van der Waals surface area contributed by atoms with Gasteiger partial charge in [0.2, 0.25) is 0 Å². The van der Waals surface area contributed by atoms with Crippen molar-refractivity contribution in [2.75, 3.05) is 0 Å². The van der Waals surface area contributed by atoms with Crippen molar-refractivity contribution in [3.8, 4) is 0 Å². The van der Waals surface area contributed by atoms with E-state index in [1.165, 1.54) is 0 Å². The number of aliphatic hydroxyl groups is 1. The van der Waals surface area contributed by atoms with Crippen LogP contribution in [0.3, 0.4) is 0 Å². The molecule has 2 heteroatoms. The largest absolute Gasteiger partial charge is 0.499 e. The molecule has 0 aliphatic heterocycles. The Morgan fingerprint density at radius 2 is 2.43 bits per heavy atom. The summed E-state index contributed by atoms with van der Waals surface area (Å²) in [5, 5.41) is 8.21. The van der Waals surface area contributed by atoms with E-state index in [0.717, 1.165) is 12.8 Å². The second-order valence-electron chi connectivity index (χ2n) is 1.32. The summed E-state index contributed by atoms with van der Waals surface area (Å²) >= 11 is 5.07. The predicted octanol–water partition coefficient (Wildman–Crippen LogP) is 2.42. The number of hydrogen-bond acceptors (Lipinski definition) is 1. The number of halogens is 1. The van der Waals surface area contributed by atoms with Crippen molar-refractivity contribution in [1.29, 1.82) is 0 Å². The number of hydrogen-bond donors (Lipinski definition) is 1. The van der Waals surface area contributed by atoms with Gasteiger partial charge in [-0.3, -0.25) is 0 Å². The van der Waals surface area contributed by atoms with Crippen molar-refractivity contribution >= 4 is 11.6 Å². The minimum Gasteiger partial charge on any atom is -0.499 e. The highest BCUT2D eigenvalue weighted by Crippen LogP contribution is 1.97. The van der Waals surface area contributed by atoms with Crippen LogP contribution in [0, 0.1) is 0 Å². The van der Waals surface area contributed by atoms with Gasteiger partial charge in [-0.15, -0.1) is 0 Å². The van der Waals surface area contributed by atoms with Crippen LogP contribution in [0.25, 0.3) is 0 Å². The molecule has 0 aromatic rings. The molecule has 0 radical (unpaired) electrons. The molecule has 0 aliphatic rings. The van der Waals surface area contributed by atoms with Crippen molar-refractivity contribution in [3.63, 3.8) is 0 Å². The first-order chi connectivity index (χ1) is 3.27. The van der Waals surface area contributed by atoms with Gasteiger partial charge in [0.1, 0.15) is 0 Å². The SMILES string of the molecule is CCC/C=C(/O)Cl. The van der Waals surface area contributed by atoms with Crippen molar-refractivity contribution in [2.45, 2.75) is 19.8 Å². The van der Waals surface area contributed by atoms with Crippen LogP contribution < -0.4 is 0 Å². The van der Waals surface area contributed by atoms with Crippen LogP contribution >= 0.6 is 11.6 Å². The van der Waals surface area contributed by atoms with Gasteiger partial charge in [-0.05, 0) is 24.1 Å². The molecule has 0 saturated carbocycles. The molecule has 0 fully saturated rings. The van der Waals surface area contributed by atoms with Crippen LogP contribution in [-0.4, -0.2) is 5.11 Å². The Bertz CT molecular complexity index is 64.5. The highest BCUT2D eigenvalue weighted by Gasteiger charge is 1.78. The van der Waals surface area contributed by atoms with Crippen LogP contribution in [0.2, 0.25) is 0 Å². The Kier molecular flexibility index (Phi) is 3.90. The van der Waals surface area contributed by atoms with Gasteiger partial charge in [-0.1, -0.05) is 13.3 Å². The summed E-state index contributed by atoms with van der Waals surface area (Å²) in [5.74, 6) is 0. The third-order valence-electron chi connectivity index (χ3n) is 0.601. The average molecular weight is 121 g/mol. The Morgan fingerprint density at radius 3 is 2.57 bits per heavy atom. The third kappa shape index (κ3) is 5.83. The van der Waals surface area contributed by atoms with Crippen LogP contribution in [0.4, 0.5) is 0 Å². The molecule has 0 bridgehead atoms. The van der Waals surface area contributed by atoms with Gasteiger partial charge < -0.3 is 5.11 Å². The third-order valence-corrected chi connectivity index (χ3v) is 0.756. The normalized spacial score (nSPS) is 12.0. The summed E-state index contributed by atoms with van der Waals surface area (Å²) in [4.78, 5) is 0. The topological polar surface area (TPSA) is 20.2 Å². The van der Waals surface area contributed by atoms with Crippen molar-refractivity contribution < 1.29 is 5.11 Å². The van der Waals surface area contributed by atoms with Gasteiger partial charge in [-0.25, -0.2) is 0 Å². The lowest BCUT2D eigenvalue weighted by molar-refractivity contribution is 0.449. The molecule has 42 valence electrons. The van der Waals surface area contributed by atoms with E-state index < -0.39 is 0 Å². The predicted molar refractivity (Wildman–Crippen MR) is 31.5 cm³/mol. The number of aliphatic hydroxyl groups excluding tert-OH is 1. The first-order valence-electron chi connectivity index (χ1n) is 2.32. The van der Waals surface area contributed by atoms with Crippen LogP contribution in [0.5, 0.6) is 0 Å². The van der Waals surface area contributed by atoms with E-state index in [1.54, 1.807) is 6.08 Å². The van der Waals surface area contributed by atoms with Crippen molar-refractivity contribution in [1.82, 2.24) is 0 Å². The maximum absolute atomic E-state index is 8.31. The average Bonchev–Trinajstić information content (AvgIpc) is 1.61. The molecular weight excluding hydrogens is 112 g/mol. The quantitative estimate of drug-likeness (QED) is 0.555. The minimum atomic E-state index is -0.0955. The lowest BCUT2D eigenvalue weighted by atomic mass is 10.3. The molecule has 0 saturated heterocycles. The van der Waals surface area contributed by atoms with E-state index in [1.807, 2.05) is 6.92 Å². The summed E-state index contributed by atoms with van der Waals surface area (Å²) in [6.45, 7) is 2.02. The van der Waals surface area contributed by atoms with Crippen LogP contribution in [0.15, 0.2) is 11.3 Å². The molecule has 0 spiro atoms. The fourth-order valence-electron chi connectivity index (χ4n) is 0.263. The highest BCUT2D eigenvalue weighted by molar-refractivity contribution is 6.27. The lowest BCUT2D eigenvalue weighted by Gasteiger charge is -1.82. The van der Waals surface area contributed by atoms with E-state index in [-0.39, 0.29) is 5.22 Å². The summed E-state index contributed by atoms with van der Waals surface area (Å²) in [7, 11) is 0. The Labute approximate surface area is 48.6 Å². The second-order valence-corrected chi connectivity index (χ2v) is 1.70. The Balaban J connectivity index is 3.08. The van der Waals surface area contributed by atoms with Gasteiger partial charge >= 0.3 is 0 Å². The standard InChI is InChI=1S/C5H9ClO/c1-2-3-4-5(6)7/h4,7H,2-3H2,1H3/b5-4+. The number of allylic oxidation sites excluding steroid dienone is 1. The summed E-state index contributed by atoms with van der Waals surface area (Å²) in [6, 6.07) is 0. The second kappa shape index (κ2) is 4.00. The molecule has 0 rings (SSSR count). The molecule has 0 aliphatic carbocycles. The smallest absolute Gasteiger partial charge is 0.180 e. The monoisotopic (exact) mass is 120 g/mol.